The average molecular weight is 294 g/mol. The number of anilines is 1. The lowest BCUT2D eigenvalue weighted by atomic mass is 10.1. The van der Waals surface area contributed by atoms with Crippen molar-refractivity contribution >= 4 is 29.2 Å². The molecule has 1 fully saturated rings. The lowest BCUT2D eigenvalue weighted by Crippen LogP contribution is -2.34. The Labute approximate surface area is 122 Å². The number of likely N-dealkylation sites (tertiary alicyclic amines) is 1. The number of carbonyl (C=O) groups is 2. The highest BCUT2D eigenvalue weighted by molar-refractivity contribution is 6.30. The Morgan fingerprint density at radius 1 is 1.20 bits per heavy atom. The standard InChI is InChI=1S/C14H16ClN3O2/c15-11-4-5-12(16-10-11)17-13(19)6-7-14(20)18-8-2-1-3-9-18/h4-7,10H,1-3,8-9H2,(H,16,17,19)/b7-6-. The minimum atomic E-state index is -0.384. The quantitative estimate of drug-likeness (QED) is 0.870. The van der Waals surface area contributed by atoms with Gasteiger partial charge in [-0.25, -0.2) is 4.98 Å². The molecule has 2 amide bonds. The molecule has 5 nitrogen and oxygen atoms in total. The SMILES string of the molecule is O=C(/C=C\C(=O)N1CCCCC1)Nc1ccc(Cl)cn1. The zero-order valence-electron chi connectivity index (χ0n) is 11.0. The van der Waals surface area contributed by atoms with Crippen molar-refractivity contribution in [1.82, 2.24) is 9.88 Å². The molecule has 2 rings (SSSR count). The van der Waals surface area contributed by atoms with Gasteiger partial charge in [-0.1, -0.05) is 11.6 Å². The molecule has 0 atom stereocenters. The Morgan fingerprint density at radius 3 is 2.60 bits per heavy atom. The average Bonchev–Trinajstić information content (AvgIpc) is 2.48. The van der Waals surface area contributed by atoms with Crippen molar-refractivity contribution < 1.29 is 9.59 Å². The van der Waals surface area contributed by atoms with Crippen LogP contribution < -0.4 is 5.32 Å². The van der Waals surface area contributed by atoms with Gasteiger partial charge in [0.1, 0.15) is 5.82 Å². The van der Waals surface area contributed by atoms with Gasteiger partial charge >= 0.3 is 0 Å². The van der Waals surface area contributed by atoms with E-state index in [4.69, 9.17) is 11.6 Å². The summed E-state index contributed by atoms with van der Waals surface area (Å²) >= 11 is 5.70. The Balaban J connectivity index is 1.85. The largest absolute Gasteiger partial charge is 0.339 e. The van der Waals surface area contributed by atoms with Gasteiger partial charge in [0.15, 0.2) is 0 Å². The first kappa shape index (κ1) is 14.5. The van der Waals surface area contributed by atoms with Crippen LogP contribution in [0, 0.1) is 0 Å². The van der Waals surface area contributed by atoms with Crippen molar-refractivity contribution in [3.63, 3.8) is 0 Å². The van der Waals surface area contributed by atoms with Crippen molar-refractivity contribution in [2.24, 2.45) is 0 Å². The second-order valence-corrected chi connectivity index (χ2v) is 5.01. The smallest absolute Gasteiger partial charge is 0.249 e. The molecule has 0 radical (unpaired) electrons. The fourth-order valence-electron chi connectivity index (χ4n) is 1.98. The molecule has 106 valence electrons. The van der Waals surface area contributed by atoms with Crippen LogP contribution in [-0.2, 0) is 9.59 Å². The summed E-state index contributed by atoms with van der Waals surface area (Å²) in [6, 6.07) is 3.23. The maximum absolute atomic E-state index is 11.8. The number of nitrogens with one attached hydrogen (secondary N) is 1. The Morgan fingerprint density at radius 2 is 1.95 bits per heavy atom. The Kier molecular flexibility index (Phi) is 5.12. The highest BCUT2D eigenvalue weighted by atomic mass is 35.5. The van der Waals surface area contributed by atoms with Gasteiger partial charge in [0.2, 0.25) is 11.8 Å². The van der Waals surface area contributed by atoms with Crippen LogP contribution in [0.15, 0.2) is 30.5 Å². The summed E-state index contributed by atoms with van der Waals surface area (Å²) in [7, 11) is 0. The van der Waals surface area contributed by atoms with Crippen LogP contribution >= 0.6 is 11.6 Å². The van der Waals surface area contributed by atoms with Gasteiger partial charge in [-0.15, -0.1) is 0 Å². The first-order valence-corrected chi connectivity index (χ1v) is 6.92. The molecule has 1 aromatic heterocycles. The molecular weight excluding hydrogens is 278 g/mol. The Hall–Kier alpha value is -1.88. The van der Waals surface area contributed by atoms with Gasteiger partial charge in [0, 0.05) is 31.4 Å². The van der Waals surface area contributed by atoms with E-state index in [1.807, 2.05) is 0 Å². The number of amides is 2. The van der Waals surface area contributed by atoms with E-state index in [-0.39, 0.29) is 11.8 Å². The van der Waals surface area contributed by atoms with E-state index in [2.05, 4.69) is 10.3 Å². The number of hydrogen-bond acceptors (Lipinski definition) is 3. The number of piperidine rings is 1. The molecule has 0 saturated carbocycles. The van der Waals surface area contributed by atoms with Crippen LogP contribution in [0.1, 0.15) is 19.3 Å². The van der Waals surface area contributed by atoms with E-state index in [1.54, 1.807) is 17.0 Å². The molecule has 1 aliphatic heterocycles. The minimum absolute atomic E-state index is 0.121. The summed E-state index contributed by atoms with van der Waals surface area (Å²) in [5.74, 6) is -0.108. The highest BCUT2D eigenvalue weighted by Gasteiger charge is 2.13. The number of hydrogen-bond donors (Lipinski definition) is 1. The van der Waals surface area contributed by atoms with Crippen LogP contribution in [-0.4, -0.2) is 34.8 Å². The zero-order valence-corrected chi connectivity index (χ0v) is 11.8. The lowest BCUT2D eigenvalue weighted by Gasteiger charge is -2.25. The highest BCUT2D eigenvalue weighted by Crippen LogP contribution is 2.10. The van der Waals surface area contributed by atoms with E-state index in [9.17, 15) is 9.59 Å². The molecular formula is C14H16ClN3O2. The third-order valence-electron chi connectivity index (χ3n) is 3.02. The number of carbonyl (C=O) groups excluding carboxylic acids is 2. The van der Waals surface area contributed by atoms with E-state index in [0.717, 1.165) is 32.4 Å². The predicted molar refractivity (Wildman–Crippen MR) is 77.4 cm³/mol. The van der Waals surface area contributed by atoms with Gasteiger partial charge in [0.25, 0.3) is 0 Å². The number of pyridine rings is 1. The molecule has 0 spiro atoms. The van der Waals surface area contributed by atoms with E-state index >= 15 is 0 Å². The normalized spacial score (nSPS) is 15.3. The predicted octanol–water partition coefficient (Wildman–Crippen LogP) is 2.24. The molecule has 20 heavy (non-hydrogen) atoms. The zero-order chi connectivity index (χ0) is 14.4. The summed E-state index contributed by atoms with van der Waals surface area (Å²) < 4.78 is 0. The molecule has 6 heteroatoms. The van der Waals surface area contributed by atoms with E-state index in [1.165, 1.54) is 18.3 Å². The summed E-state index contributed by atoms with van der Waals surface area (Å²) in [5, 5.41) is 3.06. The maximum atomic E-state index is 11.8. The van der Waals surface area contributed by atoms with Gasteiger partial charge in [-0.2, -0.15) is 0 Å². The van der Waals surface area contributed by atoms with Crippen LogP contribution in [0.2, 0.25) is 5.02 Å². The molecule has 1 N–H and O–H groups in total. The molecule has 0 unspecified atom stereocenters. The second kappa shape index (κ2) is 7.05. The monoisotopic (exact) mass is 293 g/mol. The van der Waals surface area contributed by atoms with E-state index in [0.29, 0.717) is 10.8 Å². The molecule has 0 bridgehead atoms. The fraction of sp³-hybridized carbons (Fsp3) is 0.357. The first-order valence-electron chi connectivity index (χ1n) is 6.55. The number of nitrogens with zero attached hydrogens (tertiary/aromatic N) is 2. The van der Waals surface area contributed by atoms with Crippen molar-refractivity contribution in [3.8, 4) is 0 Å². The third-order valence-corrected chi connectivity index (χ3v) is 3.25. The van der Waals surface area contributed by atoms with Crippen molar-refractivity contribution in [2.45, 2.75) is 19.3 Å². The Bertz CT molecular complexity index is 508. The van der Waals surface area contributed by atoms with Gasteiger partial charge in [0.05, 0.1) is 5.02 Å². The molecule has 0 aromatic carbocycles. The summed E-state index contributed by atoms with van der Waals surface area (Å²) in [6.07, 6.45) is 7.20. The fourth-order valence-corrected chi connectivity index (χ4v) is 2.10. The molecule has 1 aliphatic rings. The number of rotatable bonds is 3. The van der Waals surface area contributed by atoms with Crippen LogP contribution in [0.3, 0.4) is 0 Å². The molecule has 2 heterocycles. The first-order chi connectivity index (χ1) is 9.65. The minimum Gasteiger partial charge on any atom is -0.339 e. The van der Waals surface area contributed by atoms with E-state index < -0.39 is 0 Å². The van der Waals surface area contributed by atoms with Crippen LogP contribution in [0.25, 0.3) is 0 Å². The summed E-state index contributed by atoms with van der Waals surface area (Å²) in [4.78, 5) is 29.2. The van der Waals surface area contributed by atoms with Crippen molar-refractivity contribution in [2.75, 3.05) is 18.4 Å². The number of aromatic nitrogens is 1. The number of halogens is 1. The lowest BCUT2D eigenvalue weighted by molar-refractivity contribution is -0.127. The molecule has 0 aliphatic carbocycles. The van der Waals surface area contributed by atoms with Gasteiger partial charge in [-0.3, -0.25) is 9.59 Å². The summed E-state index contributed by atoms with van der Waals surface area (Å²) in [5.41, 5.74) is 0. The summed E-state index contributed by atoms with van der Waals surface area (Å²) in [6.45, 7) is 1.53. The maximum Gasteiger partial charge on any atom is 0.249 e. The van der Waals surface area contributed by atoms with Crippen molar-refractivity contribution in [1.29, 1.82) is 0 Å². The topological polar surface area (TPSA) is 62.3 Å². The third kappa shape index (κ3) is 4.35. The second-order valence-electron chi connectivity index (χ2n) is 4.57. The van der Waals surface area contributed by atoms with Crippen LogP contribution in [0.4, 0.5) is 5.82 Å². The van der Waals surface area contributed by atoms with Crippen molar-refractivity contribution in [3.05, 3.63) is 35.5 Å². The molecule has 1 aromatic rings. The van der Waals surface area contributed by atoms with Gasteiger partial charge < -0.3 is 10.2 Å². The van der Waals surface area contributed by atoms with Gasteiger partial charge in [-0.05, 0) is 31.4 Å². The molecule has 1 saturated heterocycles. The van der Waals surface area contributed by atoms with Crippen LogP contribution in [0.5, 0.6) is 0 Å².